The Balaban J connectivity index is 2.35. The largest absolute Gasteiger partial charge is 0.478 e. The molecule has 19 heavy (non-hydrogen) atoms. The molecule has 0 aliphatic carbocycles. The average molecular weight is 296 g/mol. The summed E-state index contributed by atoms with van der Waals surface area (Å²) >= 11 is 6.97. The van der Waals surface area contributed by atoms with Crippen molar-refractivity contribution in [1.82, 2.24) is 15.0 Å². The van der Waals surface area contributed by atoms with Gasteiger partial charge in [0.15, 0.2) is 5.16 Å². The maximum Gasteiger partial charge on any atom is 0.335 e. The molecule has 0 saturated carbocycles. The highest BCUT2D eigenvalue weighted by molar-refractivity contribution is 7.99. The molecule has 0 amide bonds. The van der Waals surface area contributed by atoms with E-state index in [9.17, 15) is 4.79 Å². The topological polar surface area (TPSA) is 76.0 Å². The number of aromatic carboxylic acids is 1. The Labute approximate surface area is 119 Å². The molecule has 0 aliphatic rings. The molecule has 2 aromatic heterocycles. The standard InChI is InChI=1S/C12H10ClN3O2S/c1-6-3-7(2)15-12(14-6)19-10-5-8(11(17)18)4-9(13)16-10/h3-5H,1-2H3,(H,17,18). The predicted octanol–water partition coefficient (Wildman–Crippen LogP) is 2.99. The number of rotatable bonds is 3. The lowest BCUT2D eigenvalue weighted by molar-refractivity contribution is 0.0696. The molecule has 0 bridgehead atoms. The number of nitrogens with zero attached hydrogens (tertiary/aromatic N) is 3. The molecule has 0 atom stereocenters. The summed E-state index contributed by atoms with van der Waals surface area (Å²) in [6.45, 7) is 3.74. The number of aryl methyl sites for hydroxylation is 2. The van der Waals surface area contributed by atoms with Crippen molar-refractivity contribution >= 4 is 29.3 Å². The van der Waals surface area contributed by atoms with Gasteiger partial charge in [0.25, 0.3) is 0 Å². The van der Waals surface area contributed by atoms with Crippen LogP contribution < -0.4 is 0 Å². The average Bonchev–Trinajstić information content (AvgIpc) is 2.26. The molecule has 2 rings (SSSR count). The minimum Gasteiger partial charge on any atom is -0.478 e. The molecule has 0 aromatic carbocycles. The first-order valence-corrected chi connectivity index (χ1v) is 6.54. The van der Waals surface area contributed by atoms with E-state index in [4.69, 9.17) is 16.7 Å². The van der Waals surface area contributed by atoms with Gasteiger partial charge >= 0.3 is 5.97 Å². The molecule has 1 N–H and O–H groups in total. The van der Waals surface area contributed by atoms with E-state index in [1.54, 1.807) is 0 Å². The van der Waals surface area contributed by atoms with Crippen LogP contribution in [0.2, 0.25) is 5.15 Å². The summed E-state index contributed by atoms with van der Waals surface area (Å²) in [5.74, 6) is -1.05. The first-order valence-electron chi connectivity index (χ1n) is 5.35. The number of hydrogen-bond acceptors (Lipinski definition) is 5. The normalized spacial score (nSPS) is 10.5. The zero-order valence-electron chi connectivity index (χ0n) is 10.2. The molecular weight excluding hydrogens is 286 g/mol. The van der Waals surface area contributed by atoms with E-state index in [-0.39, 0.29) is 10.7 Å². The van der Waals surface area contributed by atoms with E-state index < -0.39 is 5.97 Å². The van der Waals surface area contributed by atoms with Crippen molar-refractivity contribution in [2.45, 2.75) is 24.0 Å². The summed E-state index contributed by atoms with van der Waals surface area (Å²) in [5.41, 5.74) is 1.78. The predicted molar refractivity (Wildman–Crippen MR) is 71.8 cm³/mol. The summed E-state index contributed by atoms with van der Waals surface area (Å²) in [6.07, 6.45) is 0. The van der Waals surface area contributed by atoms with Gasteiger partial charge in [0.2, 0.25) is 0 Å². The van der Waals surface area contributed by atoms with Crippen LogP contribution in [0, 0.1) is 13.8 Å². The van der Waals surface area contributed by atoms with Crippen molar-refractivity contribution in [1.29, 1.82) is 0 Å². The molecule has 0 radical (unpaired) electrons. The van der Waals surface area contributed by atoms with E-state index in [1.807, 2.05) is 19.9 Å². The monoisotopic (exact) mass is 295 g/mol. The van der Waals surface area contributed by atoms with Crippen LogP contribution in [0.4, 0.5) is 0 Å². The second kappa shape index (κ2) is 5.54. The molecule has 2 heterocycles. The highest BCUT2D eigenvalue weighted by Crippen LogP contribution is 2.25. The third-order valence-corrected chi connectivity index (χ3v) is 3.15. The number of halogens is 1. The molecule has 0 saturated heterocycles. The molecular formula is C12H10ClN3O2S. The Hall–Kier alpha value is -1.66. The molecule has 0 unspecified atom stereocenters. The van der Waals surface area contributed by atoms with Crippen LogP contribution in [-0.4, -0.2) is 26.0 Å². The van der Waals surface area contributed by atoms with Crippen molar-refractivity contribution in [2.24, 2.45) is 0 Å². The van der Waals surface area contributed by atoms with Crippen LogP contribution in [0.1, 0.15) is 21.7 Å². The van der Waals surface area contributed by atoms with E-state index >= 15 is 0 Å². The number of hydrogen-bond donors (Lipinski definition) is 1. The summed E-state index contributed by atoms with van der Waals surface area (Å²) in [7, 11) is 0. The third kappa shape index (κ3) is 3.65. The fourth-order valence-electron chi connectivity index (χ4n) is 1.48. The number of aromatic nitrogens is 3. The van der Waals surface area contributed by atoms with Gasteiger partial charge in [0.05, 0.1) is 5.56 Å². The van der Waals surface area contributed by atoms with Gasteiger partial charge in [-0.1, -0.05) is 11.6 Å². The summed E-state index contributed by atoms with van der Waals surface area (Å²) < 4.78 is 0. The van der Waals surface area contributed by atoms with Crippen LogP contribution in [0.15, 0.2) is 28.4 Å². The fraction of sp³-hybridized carbons (Fsp3) is 0.167. The zero-order chi connectivity index (χ0) is 14.0. The van der Waals surface area contributed by atoms with Gasteiger partial charge in [-0.2, -0.15) is 0 Å². The Morgan fingerprint density at radius 2 is 1.79 bits per heavy atom. The maximum absolute atomic E-state index is 10.9. The van der Waals surface area contributed by atoms with E-state index in [1.165, 1.54) is 23.9 Å². The van der Waals surface area contributed by atoms with Crippen LogP contribution >= 0.6 is 23.4 Å². The molecule has 5 nitrogen and oxygen atoms in total. The second-order valence-corrected chi connectivity index (χ2v) is 5.23. The molecule has 2 aromatic rings. The molecule has 98 valence electrons. The van der Waals surface area contributed by atoms with Gasteiger partial charge < -0.3 is 5.11 Å². The summed E-state index contributed by atoms with van der Waals surface area (Å²) in [4.78, 5) is 23.5. The van der Waals surface area contributed by atoms with Crippen molar-refractivity contribution in [3.63, 3.8) is 0 Å². The summed E-state index contributed by atoms with van der Waals surface area (Å²) in [6, 6.07) is 4.61. The smallest absolute Gasteiger partial charge is 0.335 e. The Morgan fingerprint density at radius 3 is 2.37 bits per heavy atom. The molecule has 0 fully saturated rings. The van der Waals surface area contributed by atoms with E-state index in [0.717, 1.165) is 11.4 Å². The first-order chi connectivity index (χ1) is 8.94. The van der Waals surface area contributed by atoms with Crippen LogP contribution in [0.5, 0.6) is 0 Å². The van der Waals surface area contributed by atoms with Gasteiger partial charge in [-0.25, -0.2) is 19.7 Å². The van der Waals surface area contributed by atoms with Gasteiger partial charge in [-0.05, 0) is 43.8 Å². The molecule has 7 heteroatoms. The lowest BCUT2D eigenvalue weighted by Gasteiger charge is -2.04. The first kappa shape index (κ1) is 13.8. The molecule has 0 aliphatic heterocycles. The van der Waals surface area contributed by atoms with Gasteiger partial charge in [0, 0.05) is 11.4 Å². The number of pyridine rings is 1. The quantitative estimate of drug-likeness (QED) is 0.693. The Morgan fingerprint density at radius 1 is 1.16 bits per heavy atom. The van der Waals surface area contributed by atoms with Gasteiger partial charge in [-0.15, -0.1) is 0 Å². The van der Waals surface area contributed by atoms with Crippen LogP contribution in [0.3, 0.4) is 0 Å². The highest BCUT2D eigenvalue weighted by Gasteiger charge is 2.10. The van der Waals surface area contributed by atoms with Crippen molar-refractivity contribution in [2.75, 3.05) is 0 Å². The van der Waals surface area contributed by atoms with E-state index in [2.05, 4.69) is 15.0 Å². The van der Waals surface area contributed by atoms with Crippen molar-refractivity contribution < 1.29 is 9.90 Å². The fourth-order valence-corrected chi connectivity index (χ4v) is 2.64. The summed E-state index contributed by atoms with van der Waals surface area (Å²) in [5, 5.41) is 10.1. The lowest BCUT2D eigenvalue weighted by atomic mass is 10.3. The SMILES string of the molecule is Cc1cc(C)nc(Sc2cc(C(=O)O)cc(Cl)n2)n1. The van der Waals surface area contributed by atoms with Gasteiger partial charge in [-0.3, -0.25) is 0 Å². The van der Waals surface area contributed by atoms with Crippen LogP contribution in [-0.2, 0) is 0 Å². The zero-order valence-corrected chi connectivity index (χ0v) is 11.8. The maximum atomic E-state index is 10.9. The van der Waals surface area contributed by atoms with Crippen LogP contribution in [0.25, 0.3) is 0 Å². The second-order valence-electron chi connectivity index (χ2n) is 3.86. The Bertz CT molecular complexity index is 629. The molecule has 0 spiro atoms. The van der Waals surface area contributed by atoms with E-state index in [0.29, 0.717) is 10.2 Å². The number of carboxylic acid groups (broad SMARTS) is 1. The minimum absolute atomic E-state index is 0.0897. The third-order valence-electron chi connectivity index (χ3n) is 2.18. The minimum atomic E-state index is -1.05. The Kier molecular flexibility index (Phi) is 4.01. The van der Waals surface area contributed by atoms with Crippen molar-refractivity contribution in [3.05, 3.63) is 40.3 Å². The van der Waals surface area contributed by atoms with Gasteiger partial charge in [0.1, 0.15) is 10.2 Å². The lowest BCUT2D eigenvalue weighted by Crippen LogP contribution is -1.98. The number of carbonyl (C=O) groups is 1. The highest BCUT2D eigenvalue weighted by atomic mass is 35.5. The van der Waals surface area contributed by atoms with Crippen molar-refractivity contribution in [3.8, 4) is 0 Å². The number of carboxylic acids is 1.